The molecule has 1 N–H and O–H groups in total. The molecule has 0 aromatic carbocycles. The first-order valence-corrected chi connectivity index (χ1v) is 3.80. The highest BCUT2D eigenvalue weighted by molar-refractivity contribution is 5.77. The second-order valence-electron chi connectivity index (χ2n) is 2.65. The molecule has 1 aromatic rings. The molecule has 1 heterocycles. The molecule has 0 atom stereocenters. The average Bonchev–Trinajstić information content (AvgIpc) is 2.29. The van der Waals surface area contributed by atoms with Gasteiger partial charge < -0.3 is 5.11 Å². The van der Waals surface area contributed by atoms with E-state index in [2.05, 4.69) is 5.10 Å². The lowest BCUT2D eigenvalue weighted by molar-refractivity contribution is 0.112. The van der Waals surface area contributed by atoms with Crippen molar-refractivity contribution in [2.75, 3.05) is 6.61 Å². The first-order valence-electron chi connectivity index (χ1n) is 3.80. The van der Waals surface area contributed by atoms with Gasteiger partial charge in [-0.05, 0) is 13.8 Å². The third-order valence-electron chi connectivity index (χ3n) is 1.87. The van der Waals surface area contributed by atoms with E-state index in [4.69, 9.17) is 5.11 Å². The number of aliphatic hydroxyl groups is 1. The standard InChI is InChI=1S/C8H12N2O2/c1-6-8(5-12)7(2)10(9-6)3-4-11/h5,11H,3-4H2,1-2H3. The number of carbonyl (C=O) groups excluding carboxylic acids is 1. The molecule has 0 saturated carbocycles. The SMILES string of the molecule is Cc1nn(CCO)c(C)c1C=O. The first-order chi connectivity index (χ1) is 5.70. The summed E-state index contributed by atoms with van der Waals surface area (Å²) >= 11 is 0. The van der Waals surface area contributed by atoms with Crippen LogP contribution < -0.4 is 0 Å². The largest absolute Gasteiger partial charge is 0.394 e. The van der Waals surface area contributed by atoms with Crippen molar-refractivity contribution in [3.05, 3.63) is 17.0 Å². The Bertz CT molecular complexity index is 291. The van der Waals surface area contributed by atoms with Crippen LogP contribution in [0.15, 0.2) is 0 Å². The number of aliphatic hydroxyl groups excluding tert-OH is 1. The highest BCUT2D eigenvalue weighted by atomic mass is 16.3. The zero-order chi connectivity index (χ0) is 9.14. The van der Waals surface area contributed by atoms with Gasteiger partial charge in [-0.2, -0.15) is 5.10 Å². The molecule has 0 radical (unpaired) electrons. The maximum atomic E-state index is 10.5. The Morgan fingerprint density at radius 3 is 2.67 bits per heavy atom. The Balaban J connectivity index is 3.08. The van der Waals surface area contributed by atoms with Crippen molar-refractivity contribution in [2.24, 2.45) is 0 Å². The van der Waals surface area contributed by atoms with Gasteiger partial charge in [0.25, 0.3) is 0 Å². The molecule has 0 spiro atoms. The van der Waals surface area contributed by atoms with E-state index < -0.39 is 0 Å². The molecule has 4 nitrogen and oxygen atoms in total. The molecule has 12 heavy (non-hydrogen) atoms. The molecule has 0 bridgehead atoms. The third kappa shape index (κ3) is 1.38. The van der Waals surface area contributed by atoms with Crippen molar-refractivity contribution < 1.29 is 9.90 Å². The van der Waals surface area contributed by atoms with Crippen LogP contribution in [0.3, 0.4) is 0 Å². The maximum absolute atomic E-state index is 10.5. The van der Waals surface area contributed by atoms with Crippen LogP contribution in [0.5, 0.6) is 0 Å². The molecule has 1 aromatic heterocycles. The Labute approximate surface area is 70.8 Å². The van der Waals surface area contributed by atoms with E-state index in [9.17, 15) is 4.79 Å². The van der Waals surface area contributed by atoms with E-state index in [-0.39, 0.29) is 6.61 Å². The molecule has 0 fully saturated rings. The van der Waals surface area contributed by atoms with Crippen molar-refractivity contribution in [3.8, 4) is 0 Å². The molecular formula is C8H12N2O2. The van der Waals surface area contributed by atoms with Gasteiger partial charge in [0, 0.05) is 5.69 Å². The molecule has 4 heteroatoms. The van der Waals surface area contributed by atoms with Gasteiger partial charge in [-0.25, -0.2) is 0 Å². The van der Waals surface area contributed by atoms with Crippen molar-refractivity contribution >= 4 is 6.29 Å². The molecule has 66 valence electrons. The summed E-state index contributed by atoms with van der Waals surface area (Å²) in [5, 5.41) is 12.8. The number of aldehydes is 1. The number of rotatable bonds is 3. The lowest BCUT2D eigenvalue weighted by Gasteiger charge is -1.99. The molecule has 0 aliphatic heterocycles. The monoisotopic (exact) mass is 168 g/mol. The molecule has 1 rings (SSSR count). The van der Waals surface area contributed by atoms with Gasteiger partial charge in [-0.1, -0.05) is 0 Å². The Morgan fingerprint density at radius 1 is 1.58 bits per heavy atom. The quantitative estimate of drug-likeness (QED) is 0.660. The van der Waals surface area contributed by atoms with Crippen LogP contribution in [-0.2, 0) is 6.54 Å². The predicted octanol–water partition coefficient (Wildman–Crippen LogP) is 0.305. The van der Waals surface area contributed by atoms with Crippen LogP contribution in [0.4, 0.5) is 0 Å². The van der Waals surface area contributed by atoms with E-state index in [0.717, 1.165) is 17.7 Å². The fraction of sp³-hybridized carbons (Fsp3) is 0.500. The molecule has 0 saturated heterocycles. The van der Waals surface area contributed by atoms with Crippen LogP contribution in [0.25, 0.3) is 0 Å². The van der Waals surface area contributed by atoms with Gasteiger partial charge in [-0.15, -0.1) is 0 Å². The number of aromatic nitrogens is 2. The normalized spacial score (nSPS) is 10.2. The topological polar surface area (TPSA) is 55.1 Å². The van der Waals surface area contributed by atoms with Crippen LogP contribution >= 0.6 is 0 Å². The van der Waals surface area contributed by atoms with Crippen molar-refractivity contribution in [1.29, 1.82) is 0 Å². The lowest BCUT2D eigenvalue weighted by atomic mass is 10.2. The summed E-state index contributed by atoms with van der Waals surface area (Å²) in [4.78, 5) is 10.5. The van der Waals surface area contributed by atoms with Crippen molar-refractivity contribution in [2.45, 2.75) is 20.4 Å². The molecule has 0 unspecified atom stereocenters. The van der Waals surface area contributed by atoms with E-state index in [1.165, 1.54) is 0 Å². The minimum Gasteiger partial charge on any atom is -0.394 e. The highest BCUT2D eigenvalue weighted by Crippen LogP contribution is 2.09. The van der Waals surface area contributed by atoms with Gasteiger partial charge in [0.1, 0.15) is 0 Å². The van der Waals surface area contributed by atoms with E-state index in [1.54, 1.807) is 11.6 Å². The number of nitrogens with zero attached hydrogens (tertiary/aromatic N) is 2. The second-order valence-corrected chi connectivity index (χ2v) is 2.65. The Hall–Kier alpha value is -1.16. The number of hydrogen-bond donors (Lipinski definition) is 1. The smallest absolute Gasteiger partial charge is 0.153 e. The van der Waals surface area contributed by atoms with Crippen LogP contribution in [0, 0.1) is 13.8 Å². The van der Waals surface area contributed by atoms with Gasteiger partial charge in [0.2, 0.25) is 0 Å². The molecule has 0 amide bonds. The number of hydrogen-bond acceptors (Lipinski definition) is 3. The fourth-order valence-corrected chi connectivity index (χ4v) is 1.19. The summed E-state index contributed by atoms with van der Waals surface area (Å²) < 4.78 is 1.64. The van der Waals surface area contributed by atoms with E-state index in [0.29, 0.717) is 12.1 Å². The van der Waals surface area contributed by atoms with Crippen LogP contribution in [0.1, 0.15) is 21.7 Å². The predicted molar refractivity (Wildman–Crippen MR) is 44.2 cm³/mol. The van der Waals surface area contributed by atoms with Gasteiger partial charge in [0.15, 0.2) is 6.29 Å². The minimum absolute atomic E-state index is 0.0419. The zero-order valence-electron chi connectivity index (χ0n) is 7.24. The van der Waals surface area contributed by atoms with Gasteiger partial charge in [-0.3, -0.25) is 9.48 Å². The lowest BCUT2D eigenvalue weighted by Crippen LogP contribution is -2.05. The van der Waals surface area contributed by atoms with Crippen LogP contribution in [0.2, 0.25) is 0 Å². The van der Waals surface area contributed by atoms with E-state index in [1.807, 2.05) is 6.92 Å². The molecule has 0 aliphatic rings. The first kappa shape index (κ1) is 8.93. The number of carbonyl (C=O) groups is 1. The average molecular weight is 168 g/mol. The summed E-state index contributed by atoms with van der Waals surface area (Å²) in [6, 6.07) is 0. The molecule has 0 aliphatic carbocycles. The summed E-state index contributed by atoms with van der Waals surface area (Å²) in [6.07, 6.45) is 0.797. The van der Waals surface area contributed by atoms with Gasteiger partial charge >= 0.3 is 0 Å². The van der Waals surface area contributed by atoms with Crippen molar-refractivity contribution in [1.82, 2.24) is 9.78 Å². The maximum Gasteiger partial charge on any atom is 0.153 e. The van der Waals surface area contributed by atoms with Gasteiger partial charge in [0.05, 0.1) is 24.4 Å². The summed E-state index contributed by atoms with van der Waals surface area (Å²) in [5.74, 6) is 0. The van der Waals surface area contributed by atoms with E-state index >= 15 is 0 Å². The zero-order valence-corrected chi connectivity index (χ0v) is 7.24. The summed E-state index contributed by atoms with van der Waals surface area (Å²) in [6.45, 7) is 4.09. The third-order valence-corrected chi connectivity index (χ3v) is 1.87. The minimum atomic E-state index is 0.0419. The Kier molecular flexibility index (Phi) is 2.60. The Morgan fingerprint density at radius 2 is 2.25 bits per heavy atom. The van der Waals surface area contributed by atoms with Crippen molar-refractivity contribution in [3.63, 3.8) is 0 Å². The fourth-order valence-electron chi connectivity index (χ4n) is 1.19. The number of aryl methyl sites for hydroxylation is 1. The second kappa shape index (κ2) is 3.49. The van der Waals surface area contributed by atoms with Crippen LogP contribution in [-0.4, -0.2) is 27.8 Å². The summed E-state index contributed by atoms with van der Waals surface area (Å²) in [7, 11) is 0. The molecular weight excluding hydrogens is 156 g/mol. The summed E-state index contributed by atoms with van der Waals surface area (Å²) in [5.41, 5.74) is 2.16. The highest BCUT2D eigenvalue weighted by Gasteiger charge is 2.08.